The van der Waals surface area contributed by atoms with Gasteiger partial charge in [-0.25, -0.2) is 4.99 Å². The van der Waals surface area contributed by atoms with Crippen molar-refractivity contribution in [2.75, 3.05) is 0 Å². The van der Waals surface area contributed by atoms with Crippen LogP contribution in [-0.2, 0) is 12.8 Å². The summed E-state index contributed by atoms with van der Waals surface area (Å²) in [5.74, 6) is 1.06. The van der Waals surface area contributed by atoms with Gasteiger partial charge in [-0.3, -0.25) is 10.1 Å². The van der Waals surface area contributed by atoms with Crippen molar-refractivity contribution in [2.24, 2.45) is 4.99 Å². The van der Waals surface area contributed by atoms with Crippen LogP contribution in [0.2, 0.25) is 0 Å². The van der Waals surface area contributed by atoms with E-state index < -0.39 is 4.92 Å². The number of hydrogen-bond donors (Lipinski definition) is 0. The summed E-state index contributed by atoms with van der Waals surface area (Å²) >= 11 is 1.56. The van der Waals surface area contributed by atoms with Crippen molar-refractivity contribution in [1.82, 2.24) is 0 Å². The van der Waals surface area contributed by atoms with E-state index in [0.29, 0.717) is 27.6 Å². The number of non-ortho nitro benzene ring substituents is 1. The van der Waals surface area contributed by atoms with Crippen molar-refractivity contribution in [2.45, 2.75) is 19.3 Å². The number of aliphatic imine (C=N–C) groups is 1. The molecule has 0 amide bonds. The maximum absolute atomic E-state index is 10.9. The van der Waals surface area contributed by atoms with E-state index in [4.69, 9.17) is 4.42 Å². The van der Waals surface area contributed by atoms with Gasteiger partial charge < -0.3 is 4.42 Å². The number of nitriles is 1. The van der Waals surface area contributed by atoms with Crippen LogP contribution in [0.4, 0.5) is 10.7 Å². The monoisotopic (exact) mass is 363 g/mol. The van der Waals surface area contributed by atoms with Gasteiger partial charge >= 0.3 is 0 Å². The van der Waals surface area contributed by atoms with Crippen LogP contribution in [0.15, 0.2) is 45.8 Å². The molecule has 2 aromatic heterocycles. The summed E-state index contributed by atoms with van der Waals surface area (Å²) in [6.07, 6.45) is 4.65. The molecule has 0 unspecified atom stereocenters. The third-order valence-corrected chi connectivity index (χ3v) is 5.49. The molecule has 6 nitrogen and oxygen atoms in total. The highest BCUT2D eigenvalue weighted by atomic mass is 32.1. The molecule has 2 heterocycles. The number of hydrogen-bond acceptors (Lipinski definition) is 6. The number of nitrogens with zero attached hydrogens (tertiary/aromatic N) is 3. The largest absolute Gasteiger partial charge is 0.455 e. The standard InChI is InChI=1S/C19H13N3O3S/c20-10-16-15-5-2-6-18(15)26-19(16)21-11-14-7-8-17(25-14)12-3-1-4-13(9-12)22(23)24/h1,3-4,7-9,11H,2,5-6H2/b21-11+. The molecular weight excluding hydrogens is 350 g/mol. The molecule has 0 atom stereocenters. The lowest BCUT2D eigenvalue weighted by molar-refractivity contribution is -0.384. The highest BCUT2D eigenvalue weighted by Gasteiger charge is 2.21. The molecule has 26 heavy (non-hydrogen) atoms. The summed E-state index contributed by atoms with van der Waals surface area (Å²) < 4.78 is 5.73. The zero-order chi connectivity index (χ0) is 18.1. The second-order valence-electron chi connectivity index (χ2n) is 5.92. The highest BCUT2D eigenvalue weighted by molar-refractivity contribution is 7.16. The predicted molar refractivity (Wildman–Crippen MR) is 99.1 cm³/mol. The van der Waals surface area contributed by atoms with Crippen LogP contribution in [-0.4, -0.2) is 11.1 Å². The first-order valence-electron chi connectivity index (χ1n) is 8.09. The van der Waals surface area contributed by atoms with Gasteiger partial charge in [0.25, 0.3) is 5.69 Å². The normalized spacial score (nSPS) is 13.0. The first kappa shape index (κ1) is 16.2. The maximum Gasteiger partial charge on any atom is 0.270 e. The molecule has 0 bridgehead atoms. The molecule has 128 valence electrons. The zero-order valence-electron chi connectivity index (χ0n) is 13.6. The molecule has 1 aromatic carbocycles. The van der Waals surface area contributed by atoms with E-state index in [1.54, 1.807) is 41.8 Å². The SMILES string of the molecule is N#Cc1c(/N=C/c2ccc(-c3cccc([N+](=O)[O-])c3)o2)sc2c1CCC2. The molecule has 1 aliphatic carbocycles. The minimum absolute atomic E-state index is 0.0147. The number of aryl methyl sites for hydroxylation is 1. The number of rotatable bonds is 4. The van der Waals surface area contributed by atoms with Gasteiger partial charge in [-0.05, 0) is 37.0 Å². The van der Waals surface area contributed by atoms with E-state index in [1.165, 1.54) is 17.0 Å². The van der Waals surface area contributed by atoms with Gasteiger partial charge in [-0.15, -0.1) is 11.3 Å². The van der Waals surface area contributed by atoms with E-state index in [9.17, 15) is 15.4 Å². The van der Waals surface area contributed by atoms with Crippen molar-refractivity contribution >= 4 is 28.2 Å². The Morgan fingerprint density at radius 3 is 3.00 bits per heavy atom. The second kappa shape index (κ2) is 6.58. The van der Waals surface area contributed by atoms with Crippen molar-refractivity contribution < 1.29 is 9.34 Å². The number of benzene rings is 1. The van der Waals surface area contributed by atoms with Crippen LogP contribution in [0.25, 0.3) is 11.3 Å². The molecule has 3 aromatic rings. The van der Waals surface area contributed by atoms with Crippen LogP contribution in [0, 0.1) is 21.4 Å². The molecule has 0 fully saturated rings. The third kappa shape index (κ3) is 2.91. The van der Waals surface area contributed by atoms with Crippen molar-refractivity contribution in [3.05, 3.63) is 68.3 Å². The molecule has 1 aliphatic rings. The number of furan rings is 1. The molecule has 0 radical (unpaired) electrons. The Labute approximate surface area is 153 Å². The fraction of sp³-hybridized carbons (Fsp3) is 0.158. The topological polar surface area (TPSA) is 92.4 Å². The minimum atomic E-state index is -0.436. The Balaban J connectivity index is 1.60. The number of fused-ring (bicyclic) bond motifs is 1. The summed E-state index contributed by atoms with van der Waals surface area (Å²) in [5, 5.41) is 21.0. The van der Waals surface area contributed by atoms with E-state index >= 15 is 0 Å². The average Bonchev–Trinajstić information content (AvgIpc) is 3.35. The lowest BCUT2D eigenvalue weighted by Gasteiger charge is -1.96. The van der Waals surface area contributed by atoms with Crippen molar-refractivity contribution in [1.29, 1.82) is 5.26 Å². The Hall–Kier alpha value is -3.24. The maximum atomic E-state index is 10.9. The summed E-state index contributed by atoms with van der Waals surface area (Å²) in [4.78, 5) is 16.1. The fourth-order valence-electron chi connectivity index (χ4n) is 3.07. The predicted octanol–water partition coefficient (Wildman–Crippen LogP) is 5.03. The first-order valence-corrected chi connectivity index (χ1v) is 8.90. The molecule has 0 saturated carbocycles. The van der Waals surface area contributed by atoms with E-state index in [2.05, 4.69) is 11.1 Å². The number of nitro groups is 1. The van der Waals surface area contributed by atoms with Crippen LogP contribution >= 0.6 is 11.3 Å². The van der Waals surface area contributed by atoms with Crippen LogP contribution in [0.1, 0.15) is 28.2 Å². The Kier molecular flexibility index (Phi) is 4.11. The molecule has 0 N–H and O–H groups in total. The van der Waals surface area contributed by atoms with Gasteiger partial charge in [0.1, 0.15) is 22.6 Å². The third-order valence-electron chi connectivity index (χ3n) is 4.29. The Bertz CT molecular complexity index is 1070. The highest BCUT2D eigenvalue weighted by Crippen LogP contribution is 2.40. The van der Waals surface area contributed by atoms with Gasteiger partial charge in [0, 0.05) is 22.6 Å². The molecule has 0 saturated heterocycles. The van der Waals surface area contributed by atoms with Crippen LogP contribution in [0.3, 0.4) is 0 Å². The first-order chi connectivity index (χ1) is 12.7. The van der Waals surface area contributed by atoms with Gasteiger partial charge in [0.2, 0.25) is 0 Å². The van der Waals surface area contributed by atoms with Gasteiger partial charge in [0.05, 0.1) is 16.7 Å². The average molecular weight is 363 g/mol. The number of thiophene rings is 1. The molecule has 7 heteroatoms. The van der Waals surface area contributed by atoms with Gasteiger partial charge in [-0.2, -0.15) is 5.26 Å². The number of nitro benzene ring substituents is 1. The summed E-state index contributed by atoms with van der Waals surface area (Å²) in [7, 11) is 0. The molecule has 4 rings (SSSR count). The van der Waals surface area contributed by atoms with E-state index in [0.717, 1.165) is 24.8 Å². The van der Waals surface area contributed by atoms with E-state index in [-0.39, 0.29) is 5.69 Å². The smallest absolute Gasteiger partial charge is 0.270 e. The quantitative estimate of drug-likeness (QED) is 0.369. The Morgan fingerprint density at radius 1 is 1.31 bits per heavy atom. The van der Waals surface area contributed by atoms with E-state index in [1.807, 2.05) is 0 Å². The van der Waals surface area contributed by atoms with Crippen molar-refractivity contribution in [3.8, 4) is 17.4 Å². The lowest BCUT2D eigenvalue weighted by Crippen LogP contribution is -1.87. The molecular formula is C19H13N3O3S. The Morgan fingerprint density at radius 2 is 2.19 bits per heavy atom. The van der Waals surface area contributed by atoms with Crippen molar-refractivity contribution in [3.63, 3.8) is 0 Å². The summed E-state index contributed by atoms with van der Waals surface area (Å²) in [6, 6.07) is 12.1. The summed E-state index contributed by atoms with van der Waals surface area (Å²) in [5.41, 5.74) is 2.46. The zero-order valence-corrected chi connectivity index (χ0v) is 14.5. The lowest BCUT2D eigenvalue weighted by atomic mass is 10.1. The van der Waals surface area contributed by atoms with Gasteiger partial charge in [-0.1, -0.05) is 12.1 Å². The second-order valence-corrected chi connectivity index (χ2v) is 7.00. The molecule has 0 aliphatic heterocycles. The van der Waals surface area contributed by atoms with Crippen LogP contribution < -0.4 is 0 Å². The van der Waals surface area contributed by atoms with Gasteiger partial charge in [0.15, 0.2) is 0 Å². The minimum Gasteiger partial charge on any atom is -0.455 e. The summed E-state index contributed by atoms with van der Waals surface area (Å²) in [6.45, 7) is 0. The molecule has 0 spiro atoms. The van der Waals surface area contributed by atoms with Crippen LogP contribution in [0.5, 0.6) is 0 Å². The fourth-order valence-corrected chi connectivity index (χ4v) is 4.25.